The maximum absolute atomic E-state index is 5.67. The lowest BCUT2D eigenvalue weighted by molar-refractivity contribution is 0.408. The lowest BCUT2D eigenvalue weighted by atomic mass is 10.2. The highest BCUT2D eigenvalue weighted by Gasteiger charge is 2.04. The molecule has 3 nitrogen and oxygen atoms in total. The maximum atomic E-state index is 5.67. The normalized spacial score (nSPS) is 10.4. The third kappa shape index (κ3) is 2.09. The zero-order valence-electron chi connectivity index (χ0n) is 9.39. The van der Waals surface area contributed by atoms with E-state index in [2.05, 4.69) is 10.6 Å². The molecule has 0 aliphatic carbocycles. The molecule has 2 N–H and O–H groups in total. The van der Waals surface area contributed by atoms with Gasteiger partial charge in [0.2, 0.25) is 0 Å². The van der Waals surface area contributed by atoms with E-state index in [1.807, 2.05) is 36.5 Å². The molecule has 1 heterocycles. The molecule has 0 aliphatic rings. The summed E-state index contributed by atoms with van der Waals surface area (Å²) in [7, 11) is 1.69. The largest absolute Gasteiger partial charge is 0.496 e. The lowest BCUT2D eigenvalue weighted by Gasteiger charge is -2.11. The summed E-state index contributed by atoms with van der Waals surface area (Å²) < 4.78 is 7.46. The highest BCUT2D eigenvalue weighted by molar-refractivity contribution is 5.33. The Bertz CT molecular complexity index is 462. The van der Waals surface area contributed by atoms with E-state index >= 15 is 0 Å². The van der Waals surface area contributed by atoms with Crippen LogP contribution in [-0.2, 0) is 13.1 Å². The van der Waals surface area contributed by atoms with E-state index in [0.29, 0.717) is 6.54 Å². The van der Waals surface area contributed by atoms with Crippen LogP contribution in [0.2, 0.25) is 0 Å². The number of ether oxygens (including phenoxy) is 1. The van der Waals surface area contributed by atoms with Crippen molar-refractivity contribution in [3.8, 4) is 5.75 Å². The van der Waals surface area contributed by atoms with Crippen molar-refractivity contribution in [2.75, 3.05) is 7.11 Å². The first kappa shape index (κ1) is 10.8. The zero-order chi connectivity index (χ0) is 11.4. The molecule has 1 aromatic heterocycles. The average Bonchev–Trinajstić information content (AvgIpc) is 2.77. The van der Waals surface area contributed by atoms with E-state index in [9.17, 15) is 0 Å². The van der Waals surface area contributed by atoms with Gasteiger partial charge in [-0.3, -0.25) is 0 Å². The minimum Gasteiger partial charge on any atom is -0.496 e. The molecule has 0 saturated carbocycles. The molecular formula is C13H16N2O. The predicted molar refractivity (Wildman–Crippen MR) is 64.4 cm³/mol. The molecule has 0 amide bonds. The molecule has 0 spiro atoms. The van der Waals surface area contributed by atoms with Gasteiger partial charge in [-0.25, -0.2) is 0 Å². The van der Waals surface area contributed by atoms with Crippen molar-refractivity contribution in [3.05, 3.63) is 53.9 Å². The Balaban J connectivity index is 2.26. The van der Waals surface area contributed by atoms with Gasteiger partial charge in [-0.05, 0) is 18.2 Å². The van der Waals surface area contributed by atoms with Crippen molar-refractivity contribution < 1.29 is 4.74 Å². The topological polar surface area (TPSA) is 40.2 Å². The predicted octanol–water partition coefficient (Wildman–Crippen LogP) is 2.00. The van der Waals surface area contributed by atoms with Crippen LogP contribution in [0, 0.1) is 0 Å². The van der Waals surface area contributed by atoms with Crippen molar-refractivity contribution >= 4 is 0 Å². The van der Waals surface area contributed by atoms with E-state index in [0.717, 1.165) is 23.6 Å². The number of para-hydroxylation sites is 1. The minimum atomic E-state index is 0.558. The SMILES string of the molecule is COc1ccccc1Cn1cccc1CN. The molecule has 2 rings (SSSR count). The third-order valence-corrected chi connectivity index (χ3v) is 2.67. The summed E-state index contributed by atoms with van der Waals surface area (Å²) >= 11 is 0. The summed E-state index contributed by atoms with van der Waals surface area (Å²) in [5.41, 5.74) is 7.96. The number of hydrogen-bond donors (Lipinski definition) is 1. The Morgan fingerprint density at radius 1 is 1.19 bits per heavy atom. The van der Waals surface area contributed by atoms with Crippen LogP contribution in [0.25, 0.3) is 0 Å². The van der Waals surface area contributed by atoms with Gasteiger partial charge in [-0.2, -0.15) is 0 Å². The van der Waals surface area contributed by atoms with Crippen molar-refractivity contribution in [1.82, 2.24) is 4.57 Å². The van der Waals surface area contributed by atoms with Crippen LogP contribution in [-0.4, -0.2) is 11.7 Å². The van der Waals surface area contributed by atoms with Crippen molar-refractivity contribution in [2.45, 2.75) is 13.1 Å². The molecule has 84 valence electrons. The van der Waals surface area contributed by atoms with Gasteiger partial charge in [0.1, 0.15) is 5.75 Å². The third-order valence-electron chi connectivity index (χ3n) is 2.67. The quantitative estimate of drug-likeness (QED) is 0.849. The van der Waals surface area contributed by atoms with Gasteiger partial charge < -0.3 is 15.0 Å². The number of aromatic nitrogens is 1. The summed E-state index contributed by atoms with van der Waals surface area (Å²) in [6.07, 6.45) is 2.04. The van der Waals surface area contributed by atoms with Crippen molar-refractivity contribution in [2.24, 2.45) is 5.73 Å². The highest BCUT2D eigenvalue weighted by Crippen LogP contribution is 2.19. The van der Waals surface area contributed by atoms with Crippen molar-refractivity contribution in [3.63, 3.8) is 0 Å². The summed E-state index contributed by atoms with van der Waals surface area (Å²) in [5.74, 6) is 0.916. The second kappa shape index (κ2) is 4.86. The Morgan fingerprint density at radius 3 is 2.75 bits per heavy atom. The molecule has 3 heteroatoms. The second-order valence-corrected chi connectivity index (χ2v) is 3.64. The van der Waals surface area contributed by atoms with Gasteiger partial charge >= 0.3 is 0 Å². The summed E-state index contributed by atoms with van der Waals surface area (Å²) in [5, 5.41) is 0. The summed E-state index contributed by atoms with van der Waals surface area (Å²) in [6, 6.07) is 12.1. The van der Waals surface area contributed by atoms with E-state index in [4.69, 9.17) is 10.5 Å². The average molecular weight is 216 g/mol. The van der Waals surface area contributed by atoms with E-state index in [-0.39, 0.29) is 0 Å². The first-order valence-electron chi connectivity index (χ1n) is 5.31. The Labute approximate surface area is 95.5 Å². The Hall–Kier alpha value is -1.74. The number of nitrogens with two attached hydrogens (primary N) is 1. The molecule has 16 heavy (non-hydrogen) atoms. The monoisotopic (exact) mass is 216 g/mol. The van der Waals surface area contributed by atoms with E-state index in [1.165, 1.54) is 0 Å². The van der Waals surface area contributed by atoms with Crippen LogP contribution < -0.4 is 10.5 Å². The molecule has 0 radical (unpaired) electrons. The fourth-order valence-corrected chi connectivity index (χ4v) is 1.81. The van der Waals surface area contributed by atoms with Gasteiger partial charge in [-0.1, -0.05) is 18.2 Å². The van der Waals surface area contributed by atoms with E-state index < -0.39 is 0 Å². The van der Waals surface area contributed by atoms with Gasteiger partial charge in [0, 0.05) is 24.0 Å². The van der Waals surface area contributed by atoms with Gasteiger partial charge in [0.25, 0.3) is 0 Å². The maximum Gasteiger partial charge on any atom is 0.123 e. The Kier molecular flexibility index (Phi) is 3.27. The fourth-order valence-electron chi connectivity index (χ4n) is 1.81. The molecular weight excluding hydrogens is 200 g/mol. The van der Waals surface area contributed by atoms with Gasteiger partial charge in [0.05, 0.1) is 13.7 Å². The smallest absolute Gasteiger partial charge is 0.123 e. The van der Waals surface area contributed by atoms with Crippen LogP contribution in [0.4, 0.5) is 0 Å². The van der Waals surface area contributed by atoms with Crippen LogP contribution in [0.3, 0.4) is 0 Å². The minimum absolute atomic E-state index is 0.558. The van der Waals surface area contributed by atoms with E-state index in [1.54, 1.807) is 7.11 Å². The first-order chi connectivity index (χ1) is 7.85. The highest BCUT2D eigenvalue weighted by atomic mass is 16.5. The van der Waals surface area contributed by atoms with Gasteiger partial charge in [-0.15, -0.1) is 0 Å². The molecule has 2 aromatic rings. The number of rotatable bonds is 4. The Morgan fingerprint density at radius 2 is 2.00 bits per heavy atom. The number of benzene rings is 1. The number of hydrogen-bond acceptors (Lipinski definition) is 2. The van der Waals surface area contributed by atoms with Crippen molar-refractivity contribution in [1.29, 1.82) is 0 Å². The molecule has 0 saturated heterocycles. The zero-order valence-corrected chi connectivity index (χ0v) is 9.39. The molecule has 0 unspecified atom stereocenters. The molecule has 0 bridgehead atoms. The number of nitrogens with zero attached hydrogens (tertiary/aromatic N) is 1. The van der Waals surface area contributed by atoms with Crippen LogP contribution in [0.15, 0.2) is 42.6 Å². The fraction of sp³-hybridized carbons (Fsp3) is 0.231. The molecule has 0 atom stereocenters. The molecule has 1 aromatic carbocycles. The van der Waals surface area contributed by atoms with Crippen LogP contribution in [0.1, 0.15) is 11.3 Å². The van der Waals surface area contributed by atoms with Crippen LogP contribution in [0.5, 0.6) is 5.75 Å². The number of methoxy groups -OCH3 is 1. The molecule has 0 aliphatic heterocycles. The van der Waals surface area contributed by atoms with Gasteiger partial charge in [0.15, 0.2) is 0 Å². The molecule has 0 fully saturated rings. The summed E-state index contributed by atoms with van der Waals surface area (Å²) in [4.78, 5) is 0. The summed E-state index contributed by atoms with van der Waals surface area (Å²) in [6.45, 7) is 1.35. The first-order valence-corrected chi connectivity index (χ1v) is 5.31. The second-order valence-electron chi connectivity index (χ2n) is 3.64. The lowest BCUT2D eigenvalue weighted by Crippen LogP contribution is -2.08. The standard InChI is InChI=1S/C13H16N2O/c1-16-13-7-3-2-5-11(13)10-15-8-4-6-12(15)9-14/h2-8H,9-10,14H2,1H3. The van der Waals surface area contributed by atoms with Crippen LogP contribution >= 0.6 is 0 Å².